The number of carbonyl (C=O) groups excluding carboxylic acids is 1. The van der Waals surface area contributed by atoms with Gasteiger partial charge < -0.3 is 21.5 Å². The van der Waals surface area contributed by atoms with Gasteiger partial charge in [-0.25, -0.2) is 0 Å². The summed E-state index contributed by atoms with van der Waals surface area (Å²) in [4.78, 5) is 16.1. The lowest BCUT2D eigenvalue weighted by Crippen LogP contribution is -2.41. The maximum atomic E-state index is 11.6. The number of rotatable bonds is 7. The molecule has 0 spiro atoms. The minimum Gasteiger partial charge on any atom is -0.394 e. The molecule has 0 heterocycles. The van der Waals surface area contributed by atoms with Crippen molar-refractivity contribution in [2.24, 2.45) is 22.6 Å². The highest BCUT2D eigenvalue weighted by Crippen LogP contribution is 2.35. The normalized spacial score (nSPS) is 27.5. The van der Waals surface area contributed by atoms with Crippen LogP contribution in [-0.4, -0.2) is 42.1 Å². The molecule has 166 valence electrons. The van der Waals surface area contributed by atoms with Crippen LogP contribution in [0.3, 0.4) is 0 Å². The van der Waals surface area contributed by atoms with E-state index in [2.05, 4.69) is 15.6 Å². The predicted octanol–water partition coefficient (Wildman–Crippen LogP) is 3.71. The quantitative estimate of drug-likeness (QED) is 0.310. The molecule has 3 rings (SSSR count). The SMILES string of the molecule is CC(=O)c1cccc(NC(=NCCO)NC2CCC(CC3CCC(N)CC3)CC2)c1. The third kappa shape index (κ3) is 7.10. The monoisotopic (exact) mass is 414 g/mol. The van der Waals surface area contributed by atoms with Crippen molar-refractivity contribution in [3.63, 3.8) is 0 Å². The van der Waals surface area contributed by atoms with Gasteiger partial charge in [0.1, 0.15) is 0 Å². The van der Waals surface area contributed by atoms with Crippen molar-refractivity contribution < 1.29 is 9.90 Å². The van der Waals surface area contributed by atoms with Crippen LogP contribution in [0.5, 0.6) is 0 Å². The third-order valence-corrected chi connectivity index (χ3v) is 6.65. The van der Waals surface area contributed by atoms with Gasteiger partial charge in [0.25, 0.3) is 0 Å². The Labute approximate surface area is 180 Å². The number of aliphatic hydroxyl groups excluding tert-OH is 1. The zero-order chi connectivity index (χ0) is 21.3. The molecule has 0 amide bonds. The molecular weight excluding hydrogens is 376 g/mol. The number of hydrogen-bond donors (Lipinski definition) is 4. The number of nitrogens with zero attached hydrogens (tertiary/aromatic N) is 1. The van der Waals surface area contributed by atoms with Crippen LogP contribution in [-0.2, 0) is 0 Å². The summed E-state index contributed by atoms with van der Waals surface area (Å²) in [6, 6.07) is 8.27. The molecule has 2 aliphatic carbocycles. The number of nitrogens with one attached hydrogen (secondary N) is 2. The van der Waals surface area contributed by atoms with Gasteiger partial charge in [-0.15, -0.1) is 0 Å². The minimum absolute atomic E-state index is 0.0120. The van der Waals surface area contributed by atoms with Crippen LogP contribution < -0.4 is 16.4 Å². The lowest BCUT2D eigenvalue weighted by atomic mass is 9.76. The Morgan fingerprint density at radius 1 is 1.10 bits per heavy atom. The molecule has 0 unspecified atom stereocenters. The average molecular weight is 415 g/mol. The minimum atomic E-state index is 0.0120. The lowest BCUT2D eigenvalue weighted by Gasteiger charge is -2.34. The highest BCUT2D eigenvalue weighted by atomic mass is 16.3. The third-order valence-electron chi connectivity index (χ3n) is 6.65. The Bertz CT molecular complexity index is 705. The van der Waals surface area contributed by atoms with Crippen LogP contribution in [0, 0.1) is 11.8 Å². The van der Waals surface area contributed by atoms with E-state index in [-0.39, 0.29) is 12.4 Å². The van der Waals surface area contributed by atoms with E-state index in [0.29, 0.717) is 30.2 Å². The van der Waals surface area contributed by atoms with Gasteiger partial charge in [0.15, 0.2) is 11.7 Å². The first-order valence-corrected chi connectivity index (χ1v) is 11.6. The van der Waals surface area contributed by atoms with Gasteiger partial charge in [-0.2, -0.15) is 0 Å². The molecular formula is C24H38N4O2. The van der Waals surface area contributed by atoms with Gasteiger partial charge in [-0.05, 0) is 88.7 Å². The van der Waals surface area contributed by atoms with E-state index in [1.807, 2.05) is 24.3 Å². The van der Waals surface area contributed by atoms with Gasteiger partial charge in [0.05, 0.1) is 13.2 Å². The standard InChI is InChI=1S/C24H38N4O2/c1-17(30)20-3-2-4-23(16-20)28-24(26-13-14-29)27-22-11-7-19(8-12-22)15-18-5-9-21(25)10-6-18/h2-4,16,18-19,21-22,29H,5-15,25H2,1H3,(H2,26,27,28). The molecule has 6 heteroatoms. The summed E-state index contributed by atoms with van der Waals surface area (Å²) in [5.74, 6) is 2.42. The largest absolute Gasteiger partial charge is 0.394 e. The molecule has 5 N–H and O–H groups in total. The van der Waals surface area contributed by atoms with Crippen molar-refractivity contribution in [3.8, 4) is 0 Å². The number of nitrogens with two attached hydrogens (primary N) is 1. The predicted molar refractivity (Wildman–Crippen MR) is 123 cm³/mol. The van der Waals surface area contributed by atoms with Crippen LogP contribution in [0.2, 0.25) is 0 Å². The van der Waals surface area contributed by atoms with Crippen LogP contribution in [0.25, 0.3) is 0 Å². The first-order valence-electron chi connectivity index (χ1n) is 11.6. The van der Waals surface area contributed by atoms with E-state index in [4.69, 9.17) is 5.73 Å². The van der Waals surface area contributed by atoms with E-state index in [1.54, 1.807) is 6.92 Å². The van der Waals surface area contributed by atoms with Crippen molar-refractivity contribution in [3.05, 3.63) is 29.8 Å². The second-order valence-electron chi connectivity index (χ2n) is 9.09. The Hall–Kier alpha value is -1.92. The maximum absolute atomic E-state index is 11.6. The molecule has 1 aromatic carbocycles. The van der Waals surface area contributed by atoms with Crippen molar-refractivity contribution in [2.45, 2.75) is 76.8 Å². The van der Waals surface area contributed by atoms with Gasteiger partial charge in [0, 0.05) is 23.3 Å². The number of ketones is 1. The molecule has 0 aromatic heterocycles. The number of anilines is 1. The van der Waals surface area contributed by atoms with Crippen LogP contribution in [0.4, 0.5) is 5.69 Å². The fourth-order valence-electron chi connectivity index (χ4n) is 4.87. The van der Waals surface area contributed by atoms with Crippen LogP contribution in [0.1, 0.15) is 75.1 Å². The number of carbonyl (C=O) groups is 1. The summed E-state index contributed by atoms with van der Waals surface area (Å²) in [6.45, 7) is 1.93. The Morgan fingerprint density at radius 3 is 2.40 bits per heavy atom. The maximum Gasteiger partial charge on any atom is 0.196 e. The van der Waals surface area contributed by atoms with E-state index >= 15 is 0 Å². The summed E-state index contributed by atoms with van der Waals surface area (Å²) in [7, 11) is 0. The number of aliphatic hydroxyl groups is 1. The molecule has 0 saturated heterocycles. The number of guanidine groups is 1. The van der Waals surface area contributed by atoms with Crippen molar-refractivity contribution >= 4 is 17.4 Å². The Kier molecular flexibility index (Phi) is 8.70. The van der Waals surface area contributed by atoms with E-state index in [9.17, 15) is 9.90 Å². The first kappa shape index (κ1) is 22.8. The highest BCUT2D eigenvalue weighted by molar-refractivity contribution is 5.98. The summed E-state index contributed by atoms with van der Waals surface area (Å²) >= 11 is 0. The van der Waals surface area contributed by atoms with Crippen molar-refractivity contribution in [2.75, 3.05) is 18.5 Å². The van der Waals surface area contributed by atoms with Gasteiger partial charge >= 0.3 is 0 Å². The summed E-state index contributed by atoms with van der Waals surface area (Å²) in [5, 5.41) is 16.0. The van der Waals surface area contributed by atoms with E-state index < -0.39 is 0 Å². The summed E-state index contributed by atoms with van der Waals surface area (Å²) in [6.07, 6.45) is 11.2. The molecule has 2 fully saturated rings. The molecule has 2 saturated carbocycles. The summed E-state index contributed by atoms with van der Waals surface area (Å²) in [5.41, 5.74) is 7.55. The second-order valence-corrected chi connectivity index (χ2v) is 9.09. The fourth-order valence-corrected chi connectivity index (χ4v) is 4.87. The average Bonchev–Trinajstić information content (AvgIpc) is 2.75. The van der Waals surface area contributed by atoms with Crippen LogP contribution >= 0.6 is 0 Å². The van der Waals surface area contributed by atoms with Gasteiger partial charge in [-0.3, -0.25) is 9.79 Å². The van der Waals surface area contributed by atoms with E-state index in [0.717, 1.165) is 30.4 Å². The first-order chi connectivity index (χ1) is 14.5. The smallest absolute Gasteiger partial charge is 0.196 e. The molecule has 0 radical (unpaired) electrons. The summed E-state index contributed by atoms with van der Waals surface area (Å²) < 4.78 is 0. The molecule has 0 aliphatic heterocycles. The highest BCUT2D eigenvalue weighted by Gasteiger charge is 2.26. The molecule has 6 nitrogen and oxygen atoms in total. The number of Topliss-reactive ketones (excluding diaryl/α,β-unsaturated/α-hetero) is 1. The Morgan fingerprint density at radius 2 is 1.77 bits per heavy atom. The van der Waals surface area contributed by atoms with Crippen LogP contribution in [0.15, 0.2) is 29.3 Å². The molecule has 0 bridgehead atoms. The number of hydrogen-bond acceptors (Lipinski definition) is 4. The Balaban J connectivity index is 1.50. The van der Waals surface area contributed by atoms with Crippen molar-refractivity contribution in [1.29, 1.82) is 0 Å². The fraction of sp³-hybridized carbons (Fsp3) is 0.667. The van der Waals surface area contributed by atoms with E-state index in [1.165, 1.54) is 44.9 Å². The number of aliphatic imine (C=N–C) groups is 1. The van der Waals surface area contributed by atoms with Gasteiger partial charge in [0.2, 0.25) is 0 Å². The molecule has 1 aromatic rings. The molecule has 2 aliphatic rings. The van der Waals surface area contributed by atoms with Crippen molar-refractivity contribution in [1.82, 2.24) is 5.32 Å². The molecule has 30 heavy (non-hydrogen) atoms. The van der Waals surface area contributed by atoms with Gasteiger partial charge in [-0.1, -0.05) is 12.1 Å². The second kappa shape index (κ2) is 11.5. The molecule has 0 atom stereocenters. The zero-order valence-electron chi connectivity index (χ0n) is 18.3. The zero-order valence-corrected chi connectivity index (χ0v) is 18.3. The number of benzene rings is 1. The topological polar surface area (TPSA) is 99.7 Å². The lowest BCUT2D eigenvalue weighted by molar-refractivity contribution is 0.101.